The number of carbonyl (C=O) groups is 2. The molecule has 1 fully saturated rings. The van der Waals surface area contributed by atoms with E-state index in [1.54, 1.807) is 18.5 Å². The second-order valence-corrected chi connectivity index (χ2v) is 7.69. The van der Waals surface area contributed by atoms with Gasteiger partial charge in [0.25, 0.3) is 5.91 Å². The highest BCUT2D eigenvalue weighted by Gasteiger charge is 2.19. The maximum atomic E-state index is 12.4. The number of rotatable bonds is 7. The summed E-state index contributed by atoms with van der Waals surface area (Å²) in [5, 5.41) is 6.95. The second-order valence-electron chi connectivity index (χ2n) is 6.66. The molecular formula is C20H21N5O2S. The van der Waals surface area contributed by atoms with Gasteiger partial charge < -0.3 is 15.5 Å². The summed E-state index contributed by atoms with van der Waals surface area (Å²) in [5.74, 6) is 0.116. The number of nitrogens with zero attached hydrogens (tertiary/aromatic N) is 3. The van der Waals surface area contributed by atoms with Crippen LogP contribution in [0.2, 0.25) is 0 Å². The van der Waals surface area contributed by atoms with Crippen LogP contribution in [0, 0.1) is 0 Å². The van der Waals surface area contributed by atoms with Gasteiger partial charge in [0, 0.05) is 49.7 Å². The predicted molar refractivity (Wildman–Crippen MR) is 110 cm³/mol. The Morgan fingerprint density at radius 1 is 1.21 bits per heavy atom. The van der Waals surface area contributed by atoms with E-state index in [4.69, 9.17) is 0 Å². The van der Waals surface area contributed by atoms with Crippen LogP contribution in [0.15, 0.2) is 42.7 Å². The Kier molecular flexibility index (Phi) is 5.48. The van der Waals surface area contributed by atoms with E-state index < -0.39 is 0 Å². The van der Waals surface area contributed by atoms with Gasteiger partial charge in [-0.1, -0.05) is 11.3 Å². The highest BCUT2D eigenvalue weighted by molar-refractivity contribution is 7.22. The fourth-order valence-corrected chi connectivity index (χ4v) is 4.12. The first-order chi connectivity index (χ1) is 13.7. The molecule has 0 unspecified atom stereocenters. The van der Waals surface area contributed by atoms with Crippen LogP contribution in [0.5, 0.6) is 0 Å². The SMILES string of the molecule is O=C(NCCCN1CCCC1=O)c1ccc2nc(Nc3ccncc3)sc2c1. The Morgan fingerprint density at radius 2 is 2.07 bits per heavy atom. The van der Waals surface area contributed by atoms with E-state index >= 15 is 0 Å². The zero-order chi connectivity index (χ0) is 19.3. The average Bonchev–Trinajstić information content (AvgIpc) is 3.30. The van der Waals surface area contributed by atoms with Crippen LogP contribution in [0.4, 0.5) is 10.8 Å². The molecule has 7 nitrogen and oxygen atoms in total. The van der Waals surface area contributed by atoms with Crippen LogP contribution < -0.4 is 10.6 Å². The lowest BCUT2D eigenvalue weighted by atomic mass is 10.2. The van der Waals surface area contributed by atoms with Crippen molar-refractivity contribution in [2.75, 3.05) is 25.0 Å². The van der Waals surface area contributed by atoms with Gasteiger partial charge in [0.2, 0.25) is 5.91 Å². The summed E-state index contributed by atoms with van der Waals surface area (Å²) >= 11 is 1.50. The number of amides is 2. The summed E-state index contributed by atoms with van der Waals surface area (Å²) in [4.78, 5) is 34.4. The Bertz CT molecular complexity index is 989. The molecule has 3 heterocycles. The molecule has 0 aliphatic carbocycles. The van der Waals surface area contributed by atoms with Gasteiger partial charge in [-0.25, -0.2) is 4.98 Å². The van der Waals surface area contributed by atoms with Crippen LogP contribution in [0.3, 0.4) is 0 Å². The number of hydrogen-bond donors (Lipinski definition) is 2. The minimum absolute atomic E-state index is 0.105. The Hall–Kier alpha value is -3.00. The van der Waals surface area contributed by atoms with Gasteiger partial charge in [0.05, 0.1) is 10.2 Å². The maximum absolute atomic E-state index is 12.4. The van der Waals surface area contributed by atoms with E-state index in [1.165, 1.54) is 11.3 Å². The maximum Gasteiger partial charge on any atom is 0.251 e. The molecule has 3 aromatic rings. The van der Waals surface area contributed by atoms with Crippen LogP contribution >= 0.6 is 11.3 Å². The van der Waals surface area contributed by atoms with Crippen molar-refractivity contribution in [2.24, 2.45) is 0 Å². The van der Waals surface area contributed by atoms with Crippen molar-refractivity contribution in [1.82, 2.24) is 20.2 Å². The molecule has 0 atom stereocenters. The molecule has 1 aliphatic rings. The first-order valence-corrected chi connectivity index (χ1v) is 10.1. The van der Waals surface area contributed by atoms with Gasteiger partial charge in [-0.15, -0.1) is 0 Å². The van der Waals surface area contributed by atoms with Crippen LogP contribution in [-0.4, -0.2) is 46.3 Å². The molecule has 1 aliphatic heterocycles. The first-order valence-electron chi connectivity index (χ1n) is 9.33. The van der Waals surface area contributed by atoms with E-state index in [9.17, 15) is 9.59 Å². The molecule has 4 rings (SSSR count). The third kappa shape index (κ3) is 4.28. The lowest BCUT2D eigenvalue weighted by molar-refractivity contribution is -0.127. The van der Waals surface area contributed by atoms with Gasteiger partial charge in [0.1, 0.15) is 0 Å². The van der Waals surface area contributed by atoms with Gasteiger partial charge in [-0.3, -0.25) is 14.6 Å². The zero-order valence-electron chi connectivity index (χ0n) is 15.4. The van der Waals surface area contributed by atoms with Crippen molar-refractivity contribution in [3.05, 3.63) is 48.3 Å². The number of pyridine rings is 1. The molecule has 0 spiro atoms. The summed E-state index contributed by atoms with van der Waals surface area (Å²) < 4.78 is 0.951. The quantitative estimate of drug-likeness (QED) is 0.600. The fraction of sp³-hybridized carbons (Fsp3) is 0.300. The van der Waals surface area contributed by atoms with Gasteiger partial charge >= 0.3 is 0 Å². The monoisotopic (exact) mass is 395 g/mol. The molecule has 2 N–H and O–H groups in total. The van der Waals surface area contributed by atoms with E-state index in [-0.39, 0.29) is 11.8 Å². The summed E-state index contributed by atoms with van der Waals surface area (Å²) in [5.41, 5.74) is 2.39. The summed E-state index contributed by atoms with van der Waals surface area (Å²) in [6.07, 6.45) is 5.80. The largest absolute Gasteiger partial charge is 0.352 e. The van der Waals surface area contributed by atoms with Gasteiger partial charge in [0.15, 0.2) is 5.13 Å². The first kappa shape index (κ1) is 18.4. The van der Waals surface area contributed by atoms with Crippen molar-refractivity contribution in [1.29, 1.82) is 0 Å². The Labute approximate surface area is 166 Å². The highest BCUT2D eigenvalue weighted by atomic mass is 32.1. The van der Waals surface area contributed by atoms with Crippen molar-refractivity contribution in [3.63, 3.8) is 0 Å². The number of aromatic nitrogens is 2. The molecule has 2 amide bonds. The number of anilines is 2. The van der Waals surface area contributed by atoms with Gasteiger partial charge in [-0.2, -0.15) is 0 Å². The number of hydrogen-bond acceptors (Lipinski definition) is 6. The molecular weight excluding hydrogens is 374 g/mol. The van der Waals surface area contributed by atoms with E-state index in [2.05, 4.69) is 20.6 Å². The molecule has 8 heteroatoms. The smallest absolute Gasteiger partial charge is 0.251 e. The van der Waals surface area contributed by atoms with Crippen molar-refractivity contribution in [3.8, 4) is 0 Å². The zero-order valence-corrected chi connectivity index (χ0v) is 16.2. The molecule has 1 aromatic carbocycles. The van der Waals surface area contributed by atoms with Crippen LogP contribution in [0.25, 0.3) is 10.2 Å². The van der Waals surface area contributed by atoms with Gasteiger partial charge in [-0.05, 0) is 43.2 Å². The summed E-state index contributed by atoms with van der Waals surface area (Å²) in [7, 11) is 0. The number of fused-ring (bicyclic) bond motifs is 1. The predicted octanol–water partition coefficient (Wildman–Crippen LogP) is 3.18. The van der Waals surface area contributed by atoms with Crippen LogP contribution in [0.1, 0.15) is 29.6 Å². The molecule has 2 aromatic heterocycles. The molecule has 0 bridgehead atoms. The summed E-state index contributed by atoms with van der Waals surface area (Å²) in [6.45, 7) is 2.10. The third-order valence-corrected chi connectivity index (χ3v) is 5.58. The molecule has 0 saturated carbocycles. The number of nitrogens with one attached hydrogen (secondary N) is 2. The van der Waals surface area contributed by atoms with Crippen molar-refractivity contribution >= 4 is 44.2 Å². The van der Waals surface area contributed by atoms with E-state index in [1.807, 2.05) is 29.2 Å². The molecule has 0 radical (unpaired) electrons. The van der Waals surface area contributed by atoms with E-state index in [0.29, 0.717) is 25.1 Å². The number of carbonyl (C=O) groups excluding carboxylic acids is 2. The average molecular weight is 395 g/mol. The Balaban J connectivity index is 1.34. The standard InChI is InChI=1S/C20H21N5O2S/c26-18-3-1-11-25(18)12-2-8-22-19(27)14-4-5-16-17(13-14)28-20(24-16)23-15-6-9-21-10-7-15/h4-7,9-10,13H,1-3,8,11-12H2,(H,22,27)(H,21,23,24). The molecule has 144 valence electrons. The normalized spacial score (nSPS) is 13.9. The van der Waals surface area contributed by atoms with Crippen molar-refractivity contribution in [2.45, 2.75) is 19.3 Å². The third-order valence-electron chi connectivity index (χ3n) is 4.64. The second kappa shape index (κ2) is 8.35. The Morgan fingerprint density at radius 3 is 2.86 bits per heavy atom. The minimum Gasteiger partial charge on any atom is -0.352 e. The highest BCUT2D eigenvalue weighted by Crippen LogP contribution is 2.28. The number of likely N-dealkylation sites (tertiary alicyclic amines) is 1. The van der Waals surface area contributed by atoms with Crippen LogP contribution in [-0.2, 0) is 4.79 Å². The van der Waals surface area contributed by atoms with Crippen molar-refractivity contribution < 1.29 is 9.59 Å². The number of benzene rings is 1. The molecule has 1 saturated heterocycles. The topological polar surface area (TPSA) is 87.2 Å². The minimum atomic E-state index is -0.105. The summed E-state index contributed by atoms with van der Waals surface area (Å²) in [6, 6.07) is 9.27. The fourth-order valence-electron chi connectivity index (χ4n) is 3.19. The lowest BCUT2D eigenvalue weighted by Gasteiger charge is -2.15. The lowest BCUT2D eigenvalue weighted by Crippen LogP contribution is -2.30. The number of thiazole rings is 1. The molecule has 28 heavy (non-hydrogen) atoms. The van der Waals surface area contributed by atoms with E-state index in [0.717, 1.165) is 40.4 Å².